The molecule has 0 unspecified atom stereocenters. The smallest absolute Gasteiger partial charge is 0.170 e. The standard InChI is InChI=1S/C12H13BrN2O/c1-12(2,3)10(16)9-6-15-11-8(9)4-7(13)5-14-11/h4-6H,1-3H3,(H,14,15). The summed E-state index contributed by atoms with van der Waals surface area (Å²) in [6.45, 7) is 5.75. The van der Waals surface area contributed by atoms with E-state index in [4.69, 9.17) is 0 Å². The van der Waals surface area contributed by atoms with Gasteiger partial charge in [0.05, 0.1) is 0 Å². The zero-order chi connectivity index (χ0) is 11.9. The van der Waals surface area contributed by atoms with Crippen LogP contribution < -0.4 is 0 Å². The lowest BCUT2D eigenvalue weighted by Gasteiger charge is -2.15. The monoisotopic (exact) mass is 280 g/mol. The van der Waals surface area contributed by atoms with Crippen molar-refractivity contribution in [1.29, 1.82) is 0 Å². The maximum atomic E-state index is 12.2. The van der Waals surface area contributed by atoms with Gasteiger partial charge in [-0.2, -0.15) is 0 Å². The number of rotatable bonds is 1. The van der Waals surface area contributed by atoms with Crippen LogP contribution in [-0.2, 0) is 0 Å². The quantitative estimate of drug-likeness (QED) is 0.812. The highest BCUT2D eigenvalue weighted by atomic mass is 79.9. The number of pyridine rings is 1. The Balaban J connectivity index is 2.62. The minimum atomic E-state index is -0.378. The van der Waals surface area contributed by atoms with Crippen molar-refractivity contribution in [2.24, 2.45) is 5.41 Å². The lowest BCUT2D eigenvalue weighted by Crippen LogP contribution is -2.19. The van der Waals surface area contributed by atoms with Crippen LogP contribution in [0.3, 0.4) is 0 Å². The van der Waals surface area contributed by atoms with Gasteiger partial charge >= 0.3 is 0 Å². The molecular weight excluding hydrogens is 268 g/mol. The van der Waals surface area contributed by atoms with E-state index in [9.17, 15) is 4.79 Å². The van der Waals surface area contributed by atoms with Gasteiger partial charge in [-0.05, 0) is 22.0 Å². The van der Waals surface area contributed by atoms with E-state index in [0.29, 0.717) is 5.56 Å². The molecule has 2 rings (SSSR count). The predicted octanol–water partition coefficient (Wildman–Crippen LogP) is 3.55. The molecule has 0 aliphatic rings. The summed E-state index contributed by atoms with van der Waals surface area (Å²) in [5.41, 5.74) is 1.07. The number of ketones is 1. The molecule has 2 heterocycles. The number of Topliss-reactive ketones (excluding diaryl/α,β-unsaturated/α-hetero) is 1. The Kier molecular flexibility index (Phi) is 2.62. The third kappa shape index (κ3) is 1.89. The molecule has 0 amide bonds. The second-order valence-corrected chi connectivity index (χ2v) is 5.75. The van der Waals surface area contributed by atoms with Gasteiger partial charge < -0.3 is 4.98 Å². The molecule has 3 nitrogen and oxygen atoms in total. The van der Waals surface area contributed by atoms with Crippen LogP contribution in [-0.4, -0.2) is 15.8 Å². The molecule has 2 aromatic rings. The first-order valence-corrected chi connectivity index (χ1v) is 5.86. The van der Waals surface area contributed by atoms with Crippen LogP contribution in [0.15, 0.2) is 22.9 Å². The van der Waals surface area contributed by atoms with Crippen LogP contribution in [0.4, 0.5) is 0 Å². The van der Waals surface area contributed by atoms with Crippen LogP contribution in [0.2, 0.25) is 0 Å². The predicted molar refractivity (Wildman–Crippen MR) is 67.6 cm³/mol. The van der Waals surface area contributed by atoms with Crippen molar-refractivity contribution in [3.8, 4) is 0 Å². The molecule has 0 aliphatic heterocycles. The Labute approximate surface area is 102 Å². The van der Waals surface area contributed by atoms with Crippen molar-refractivity contribution >= 4 is 32.7 Å². The summed E-state index contributed by atoms with van der Waals surface area (Å²) in [5.74, 6) is 0.124. The van der Waals surface area contributed by atoms with Crippen LogP contribution in [0.5, 0.6) is 0 Å². The number of nitrogens with one attached hydrogen (secondary N) is 1. The molecule has 1 N–H and O–H groups in total. The average Bonchev–Trinajstić information content (AvgIpc) is 2.57. The van der Waals surface area contributed by atoms with E-state index in [1.807, 2.05) is 26.8 Å². The summed E-state index contributed by atoms with van der Waals surface area (Å²) < 4.78 is 0.877. The van der Waals surface area contributed by atoms with Crippen LogP contribution in [0.25, 0.3) is 11.0 Å². The van der Waals surface area contributed by atoms with Crippen LogP contribution >= 0.6 is 15.9 Å². The molecule has 0 fully saturated rings. The number of fused-ring (bicyclic) bond motifs is 1. The molecule has 0 radical (unpaired) electrons. The first-order chi connectivity index (χ1) is 7.39. The average molecular weight is 281 g/mol. The molecule has 0 saturated heterocycles. The number of carbonyl (C=O) groups is 1. The summed E-state index contributed by atoms with van der Waals surface area (Å²) in [6, 6.07) is 1.91. The molecule has 0 saturated carbocycles. The summed E-state index contributed by atoms with van der Waals surface area (Å²) in [4.78, 5) is 19.4. The molecule has 4 heteroatoms. The van der Waals surface area contributed by atoms with E-state index in [0.717, 1.165) is 15.5 Å². The third-order valence-electron chi connectivity index (χ3n) is 2.42. The van der Waals surface area contributed by atoms with Gasteiger partial charge in [-0.25, -0.2) is 4.98 Å². The topological polar surface area (TPSA) is 45.8 Å². The van der Waals surface area contributed by atoms with Gasteiger partial charge in [-0.1, -0.05) is 20.8 Å². The van der Waals surface area contributed by atoms with Crippen molar-refractivity contribution in [2.75, 3.05) is 0 Å². The number of H-pyrrole nitrogens is 1. The third-order valence-corrected chi connectivity index (χ3v) is 2.86. The Morgan fingerprint density at radius 3 is 2.75 bits per heavy atom. The van der Waals surface area contributed by atoms with Gasteiger partial charge in [0.1, 0.15) is 5.65 Å². The van der Waals surface area contributed by atoms with Gasteiger partial charge in [-0.3, -0.25) is 4.79 Å². The maximum Gasteiger partial charge on any atom is 0.170 e. The van der Waals surface area contributed by atoms with Crippen molar-refractivity contribution < 1.29 is 4.79 Å². The fraction of sp³-hybridized carbons (Fsp3) is 0.333. The maximum absolute atomic E-state index is 12.2. The molecule has 16 heavy (non-hydrogen) atoms. The number of hydrogen-bond acceptors (Lipinski definition) is 2. The molecule has 2 aromatic heterocycles. The van der Waals surface area contributed by atoms with E-state index in [-0.39, 0.29) is 11.2 Å². The highest BCUT2D eigenvalue weighted by Gasteiger charge is 2.25. The summed E-state index contributed by atoms with van der Waals surface area (Å²) in [5, 5.41) is 0.870. The van der Waals surface area contributed by atoms with Gasteiger partial charge in [0.25, 0.3) is 0 Å². The summed E-state index contributed by atoms with van der Waals surface area (Å²) in [7, 11) is 0. The van der Waals surface area contributed by atoms with Gasteiger partial charge in [0, 0.05) is 33.2 Å². The van der Waals surface area contributed by atoms with Gasteiger partial charge in [-0.15, -0.1) is 0 Å². The number of halogens is 1. The van der Waals surface area contributed by atoms with E-state index < -0.39 is 0 Å². The van der Waals surface area contributed by atoms with Crippen molar-refractivity contribution in [2.45, 2.75) is 20.8 Å². The molecule has 84 valence electrons. The van der Waals surface area contributed by atoms with Crippen LogP contribution in [0.1, 0.15) is 31.1 Å². The van der Waals surface area contributed by atoms with E-state index >= 15 is 0 Å². The molecular formula is C12H13BrN2O. The number of carbonyl (C=O) groups excluding carboxylic acids is 1. The largest absolute Gasteiger partial charge is 0.345 e. The molecule has 0 bridgehead atoms. The Morgan fingerprint density at radius 2 is 2.12 bits per heavy atom. The summed E-state index contributed by atoms with van der Waals surface area (Å²) in [6.07, 6.45) is 3.45. The molecule has 0 atom stereocenters. The lowest BCUT2D eigenvalue weighted by molar-refractivity contribution is 0.0860. The Bertz CT molecular complexity index is 552. The first kappa shape index (κ1) is 11.3. The van der Waals surface area contributed by atoms with Crippen molar-refractivity contribution in [1.82, 2.24) is 9.97 Å². The van der Waals surface area contributed by atoms with Gasteiger partial charge in [0.15, 0.2) is 5.78 Å². The fourth-order valence-electron chi connectivity index (χ4n) is 1.57. The number of aromatic nitrogens is 2. The van der Waals surface area contributed by atoms with E-state index in [1.165, 1.54) is 0 Å². The van der Waals surface area contributed by atoms with Crippen molar-refractivity contribution in [3.05, 3.63) is 28.5 Å². The van der Waals surface area contributed by atoms with Gasteiger partial charge in [0.2, 0.25) is 0 Å². The highest BCUT2D eigenvalue weighted by molar-refractivity contribution is 9.10. The molecule has 0 spiro atoms. The van der Waals surface area contributed by atoms with E-state index in [2.05, 4.69) is 25.9 Å². The SMILES string of the molecule is CC(C)(C)C(=O)c1c[nH]c2ncc(Br)cc12. The second-order valence-electron chi connectivity index (χ2n) is 4.83. The zero-order valence-electron chi connectivity index (χ0n) is 9.47. The Morgan fingerprint density at radius 1 is 1.44 bits per heavy atom. The second kappa shape index (κ2) is 3.70. The lowest BCUT2D eigenvalue weighted by atomic mass is 9.87. The number of aromatic amines is 1. The minimum Gasteiger partial charge on any atom is -0.345 e. The minimum absolute atomic E-state index is 0.124. The highest BCUT2D eigenvalue weighted by Crippen LogP contribution is 2.27. The first-order valence-electron chi connectivity index (χ1n) is 5.07. The molecule has 0 aromatic carbocycles. The van der Waals surface area contributed by atoms with Crippen LogP contribution in [0, 0.1) is 5.41 Å². The molecule has 0 aliphatic carbocycles. The number of hydrogen-bond donors (Lipinski definition) is 1. The fourth-order valence-corrected chi connectivity index (χ4v) is 1.90. The van der Waals surface area contributed by atoms with Crippen molar-refractivity contribution in [3.63, 3.8) is 0 Å². The zero-order valence-corrected chi connectivity index (χ0v) is 11.1. The Hall–Kier alpha value is -1.16. The number of nitrogens with zero attached hydrogens (tertiary/aromatic N) is 1. The normalized spacial score (nSPS) is 12.0. The van der Waals surface area contributed by atoms with E-state index in [1.54, 1.807) is 12.4 Å². The summed E-state index contributed by atoms with van der Waals surface area (Å²) >= 11 is 3.36.